The van der Waals surface area contributed by atoms with Gasteiger partial charge in [0.05, 0.1) is 22.7 Å². The van der Waals surface area contributed by atoms with Crippen LogP contribution in [-0.4, -0.2) is 66.3 Å². The lowest BCUT2D eigenvalue weighted by molar-refractivity contribution is 0.175. The van der Waals surface area contributed by atoms with Gasteiger partial charge in [-0.25, -0.2) is 13.1 Å². The second kappa shape index (κ2) is 11.7. The fourth-order valence-electron chi connectivity index (χ4n) is 4.54. The van der Waals surface area contributed by atoms with Crippen LogP contribution in [0.15, 0.2) is 83.3 Å². The molecule has 0 N–H and O–H groups in total. The number of hydrogen-bond donors (Lipinski definition) is 0. The summed E-state index contributed by atoms with van der Waals surface area (Å²) in [5, 5.41) is 6.32. The minimum absolute atomic E-state index is 0.302. The Bertz CT molecular complexity index is 1600. The minimum atomic E-state index is -3.71. The summed E-state index contributed by atoms with van der Waals surface area (Å²) in [6, 6.07) is 24.6. The Morgan fingerprint density at radius 3 is 2.18 bits per heavy atom. The Labute approximate surface area is 243 Å². The maximum atomic E-state index is 12.4. The van der Waals surface area contributed by atoms with Crippen molar-refractivity contribution in [3.05, 3.63) is 105 Å². The summed E-state index contributed by atoms with van der Waals surface area (Å²) in [4.78, 5) is 4.32. The SMILES string of the molecule is CS(=O)(=O)N=C(c1cc(-c2ccc(Cl)cc2)n(-c2ccc(Cl)cc2Cl)n1)N1CCN(Cc2ccccc2)CC1. The lowest BCUT2D eigenvalue weighted by Crippen LogP contribution is -2.48. The topological polar surface area (TPSA) is 70.8 Å². The molecule has 0 aliphatic carbocycles. The van der Waals surface area contributed by atoms with Gasteiger partial charge in [0.2, 0.25) is 0 Å². The van der Waals surface area contributed by atoms with Crippen LogP contribution in [0.25, 0.3) is 16.9 Å². The number of rotatable bonds is 6. The van der Waals surface area contributed by atoms with Gasteiger partial charge in [0, 0.05) is 48.3 Å². The van der Waals surface area contributed by atoms with Gasteiger partial charge in [0.25, 0.3) is 10.0 Å². The first-order valence-electron chi connectivity index (χ1n) is 12.3. The van der Waals surface area contributed by atoms with E-state index in [0.29, 0.717) is 51.1 Å². The van der Waals surface area contributed by atoms with Gasteiger partial charge in [-0.05, 0) is 42.0 Å². The molecule has 0 amide bonds. The number of piperazine rings is 1. The van der Waals surface area contributed by atoms with E-state index in [9.17, 15) is 8.42 Å². The number of halogens is 3. The molecule has 11 heteroatoms. The zero-order chi connectivity index (χ0) is 27.6. The van der Waals surface area contributed by atoms with Gasteiger partial charge in [0.15, 0.2) is 5.84 Å². The Balaban J connectivity index is 1.52. The van der Waals surface area contributed by atoms with Crippen molar-refractivity contribution in [2.24, 2.45) is 4.40 Å². The van der Waals surface area contributed by atoms with Gasteiger partial charge < -0.3 is 4.90 Å². The molecular weight excluding hydrogens is 577 g/mol. The molecule has 1 fully saturated rings. The van der Waals surface area contributed by atoms with Gasteiger partial charge in [0.1, 0.15) is 5.69 Å². The molecule has 0 saturated carbocycles. The van der Waals surface area contributed by atoms with Crippen LogP contribution in [0, 0.1) is 0 Å². The molecule has 4 aromatic rings. The molecule has 2 heterocycles. The van der Waals surface area contributed by atoms with Crippen molar-refractivity contribution < 1.29 is 8.42 Å². The molecule has 0 bridgehead atoms. The van der Waals surface area contributed by atoms with Crippen molar-refractivity contribution >= 4 is 50.7 Å². The van der Waals surface area contributed by atoms with Crippen molar-refractivity contribution in [3.63, 3.8) is 0 Å². The fourth-order valence-corrected chi connectivity index (χ4v) is 5.67. The highest BCUT2D eigenvalue weighted by atomic mass is 35.5. The number of sulfonamides is 1. The Kier molecular flexibility index (Phi) is 8.30. The van der Waals surface area contributed by atoms with Crippen molar-refractivity contribution in [2.75, 3.05) is 32.4 Å². The molecule has 7 nitrogen and oxygen atoms in total. The minimum Gasteiger partial charge on any atom is -0.352 e. The number of benzene rings is 3. The van der Waals surface area contributed by atoms with Crippen LogP contribution in [0.3, 0.4) is 0 Å². The first-order valence-corrected chi connectivity index (χ1v) is 15.3. The van der Waals surface area contributed by atoms with Crippen LogP contribution in [-0.2, 0) is 16.6 Å². The van der Waals surface area contributed by atoms with E-state index < -0.39 is 10.0 Å². The van der Waals surface area contributed by atoms with Crippen molar-refractivity contribution in [1.82, 2.24) is 19.6 Å². The summed E-state index contributed by atoms with van der Waals surface area (Å²) in [5.41, 5.74) is 3.80. The summed E-state index contributed by atoms with van der Waals surface area (Å²) in [7, 11) is -3.71. The largest absolute Gasteiger partial charge is 0.352 e. The van der Waals surface area contributed by atoms with Crippen LogP contribution in [0.5, 0.6) is 0 Å². The lowest BCUT2D eigenvalue weighted by Gasteiger charge is -2.36. The van der Waals surface area contributed by atoms with Crippen LogP contribution in [0.4, 0.5) is 0 Å². The smallest absolute Gasteiger partial charge is 0.252 e. The van der Waals surface area contributed by atoms with E-state index >= 15 is 0 Å². The van der Waals surface area contributed by atoms with Crippen molar-refractivity contribution in [2.45, 2.75) is 6.54 Å². The molecule has 1 saturated heterocycles. The van der Waals surface area contributed by atoms with Gasteiger partial charge in [-0.15, -0.1) is 4.40 Å². The third-order valence-electron chi connectivity index (χ3n) is 6.39. The van der Waals surface area contributed by atoms with E-state index in [1.165, 1.54) is 5.56 Å². The Morgan fingerprint density at radius 2 is 1.54 bits per heavy atom. The number of aromatic nitrogens is 2. The Hall–Kier alpha value is -2.88. The second-order valence-corrected chi connectivity index (χ2v) is 12.3. The van der Waals surface area contributed by atoms with Crippen molar-refractivity contribution in [1.29, 1.82) is 0 Å². The quantitative estimate of drug-likeness (QED) is 0.199. The van der Waals surface area contributed by atoms with Crippen LogP contribution < -0.4 is 0 Å². The van der Waals surface area contributed by atoms with E-state index in [-0.39, 0.29) is 0 Å². The van der Waals surface area contributed by atoms with Gasteiger partial charge >= 0.3 is 0 Å². The molecule has 202 valence electrons. The third kappa shape index (κ3) is 6.83. The van der Waals surface area contributed by atoms with E-state index in [4.69, 9.17) is 39.9 Å². The molecule has 1 aliphatic rings. The normalized spacial score (nSPS) is 15.1. The molecular formula is C28H26Cl3N5O2S. The fraction of sp³-hybridized carbons (Fsp3) is 0.214. The van der Waals surface area contributed by atoms with E-state index in [1.54, 1.807) is 35.0 Å². The highest BCUT2D eigenvalue weighted by Crippen LogP contribution is 2.31. The summed E-state index contributed by atoms with van der Waals surface area (Å²) in [6.07, 6.45) is 1.09. The van der Waals surface area contributed by atoms with E-state index in [1.807, 2.05) is 41.3 Å². The molecule has 3 aromatic carbocycles. The van der Waals surface area contributed by atoms with Crippen LogP contribution >= 0.6 is 34.8 Å². The molecule has 0 spiro atoms. The monoisotopic (exact) mass is 601 g/mol. The van der Waals surface area contributed by atoms with Crippen molar-refractivity contribution in [3.8, 4) is 16.9 Å². The summed E-state index contributed by atoms with van der Waals surface area (Å²) < 4.78 is 30.7. The standard InChI is InChI=1S/C28H26Cl3N5O2S/c1-39(37,38)33-28(35-15-13-34(14-16-35)19-20-5-3-2-4-6-20)25-18-27(21-7-9-22(29)10-8-21)36(32-25)26-12-11-23(30)17-24(26)31/h2-12,17-18H,13-16,19H2,1H3. The summed E-state index contributed by atoms with van der Waals surface area (Å²) in [5.74, 6) is 0.302. The van der Waals surface area contributed by atoms with Gasteiger partial charge in [-0.2, -0.15) is 5.10 Å². The van der Waals surface area contributed by atoms with Gasteiger partial charge in [-0.1, -0.05) is 77.3 Å². The van der Waals surface area contributed by atoms with Crippen LogP contribution in [0.1, 0.15) is 11.3 Å². The maximum Gasteiger partial charge on any atom is 0.252 e. The number of hydrogen-bond acceptors (Lipinski definition) is 4. The summed E-state index contributed by atoms with van der Waals surface area (Å²) >= 11 is 18.8. The predicted molar refractivity (Wildman–Crippen MR) is 159 cm³/mol. The van der Waals surface area contributed by atoms with E-state index in [2.05, 4.69) is 21.4 Å². The molecule has 0 radical (unpaired) electrons. The third-order valence-corrected chi connectivity index (χ3v) is 7.68. The zero-order valence-electron chi connectivity index (χ0n) is 21.1. The second-order valence-electron chi connectivity index (χ2n) is 9.33. The molecule has 39 heavy (non-hydrogen) atoms. The average molecular weight is 603 g/mol. The molecule has 1 aromatic heterocycles. The van der Waals surface area contributed by atoms with Gasteiger partial charge in [-0.3, -0.25) is 4.90 Å². The highest BCUT2D eigenvalue weighted by molar-refractivity contribution is 7.89. The maximum absolute atomic E-state index is 12.4. The lowest BCUT2D eigenvalue weighted by atomic mass is 10.1. The first kappa shape index (κ1) is 27.7. The Morgan fingerprint density at radius 1 is 0.872 bits per heavy atom. The molecule has 0 unspecified atom stereocenters. The number of amidine groups is 1. The number of nitrogens with zero attached hydrogens (tertiary/aromatic N) is 5. The highest BCUT2D eigenvalue weighted by Gasteiger charge is 2.26. The zero-order valence-corrected chi connectivity index (χ0v) is 24.2. The van der Waals surface area contributed by atoms with E-state index in [0.717, 1.165) is 31.5 Å². The van der Waals surface area contributed by atoms with Crippen LogP contribution in [0.2, 0.25) is 15.1 Å². The molecule has 1 aliphatic heterocycles. The molecule has 0 atom stereocenters. The first-order chi connectivity index (χ1) is 18.7. The summed E-state index contributed by atoms with van der Waals surface area (Å²) in [6.45, 7) is 3.55. The average Bonchev–Trinajstić information content (AvgIpc) is 3.33. The predicted octanol–water partition coefficient (Wildman–Crippen LogP) is 6.02. The molecule has 5 rings (SSSR count).